The van der Waals surface area contributed by atoms with Gasteiger partial charge in [-0.2, -0.15) is 0 Å². The van der Waals surface area contributed by atoms with Gasteiger partial charge >= 0.3 is 12.1 Å². The quantitative estimate of drug-likeness (QED) is 0.445. The number of nitrogens with one attached hydrogen (secondary N) is 1. The van der Waals surface area contributed by atoms with E-state index < -0.39 is 6.09 Å². The molecule has 9 nitrogen and oxygen atoms in total. The summed E-state index contributed by atoms with van der Waals surface area (Å²) in [5.41, 5.74) is 3.47. The maximum Gasteiger partial charge on any atom is 0.417 e. The SMILES string of the molecule is O=C(NC1=C2C(=O)N(Cc3cccc(N4CCCN(CCN5CCCC5)C4=O)c3)C=C2CC=C1)Oc1ccc(Cl)s1. The highest BCUT2D eigenvalue weighted by Gasteiger charge is 2.33. The minimum absolute atomic E-state index is 0.0432. The van der Waals surface area contributed by atoms with Crippen LogP contribution >= 0.6 is 22.9 Å². The second-order valence-electron chi connectivity index (χ2n) is 10.5. The maximum atomic E-state index is 13.5. The first-order valence-electron chi connectivity index (χ1n) is 14.0. The summed E-state index contributed by atoms with van der Waals surface area (Å²) in [7, 11) is 0. The molecule has 0 atom stereocenters. The number of carbonyl (C=O) groups excluding carboxylic acids is 3. The molecule has 4 aliphatic rings. The Bertz CT molecular complexity index is 1440. The first-order chi connectivity index (χ1) is 19.9. The molecule has 0 radical (unpaired) electrons. The number of likely N-dealkylation sites (tertiary alicyclic amines) is 1. The summed E-state index contributed by atoms with van der Waals surface area (Å²) in [5.74, 6) is -0.189. The van der Waals surface area contributed by atoms with Gasteiger partial charge in [-0.3, -0.25) is 15.0 Å². The molecular weight excluding hydrogens is 562 g/mol. The normalized spacial score (nSPS) is 19.2. The zero-order valence-corrected chi connectivity index (χ0v) is 24.3. The number of amides is 4. The van der Waals surface area contributed by atoms with E-state index in [1.807, 2.05) is 46.3 Å². The van der Waals surface area contributed by atoms with Crippen LogP contribution in [-0.2, 0) is 11.3 Å². The Hall–Kier alpha value is -3.60. The van der Waals surface area contributed by atoms with E-state index in [2.05, 4.69) is 10.2 Å². The van der Waals surface area contributed by atoms with E-state index in [0.29, 0.717) is 40.2 Å². The van der Waals surface area contributed by atoms with Gasteiger partial charge in [0.25, 0.3) is 5.91 Å². The number of rotatable bonds is 8. The standard InChI is InChI=1S/C30H32ClN5O4S/c31-25-10-11-26(41-25)40-29(38)32-24-9-4-7-22-20-35(28(37)27(22)24)19-21-6-3-8-23(18-21)36-15-5-14-34(30(36)39)17-16-33-12-1-2-13-33/h3-4,6,8-11,18,20H,1-2,5,7,12-17,19H2,(H,32,38). The van der Waals surface area contributed by atoms with Crippen molar-refractivity contribution < 1.29 is 19.1 Å². The van der Waals surface area contributed by atoms with Crippen LogP contribution in [0.5, 0.6) is 5.06 Å². The molecule has 6 rings (SSSR count). The van der Waals surface area contributed by atoms with Crippen molar-refractivity contribution in [3.05, 3.63) is 81.5 Å². The fraction of sp³-hybridized carbons (Fsp3) is 0.367. The molecule has 1 aromatic heterocycles. The molecule has 3 aliphatic heterocycles. The summed E-state index contributed by atoms with van der Waals surface area (Å²) in [6, 6.07) is 11.2. The number of hydrogen-bond donors (Lipinski definition) is 1. The molecule has 2 saturated heterocycles. The molecule has 0 unspecified atom stereocenters. The third kappa shape index (κ3) is 6.19. The average Bonchev–Trinajstić information content (AvgIpc) is 3.70. The molecule has 214 valence electrons. The predicted molar refractivity (Wildman–Crippen MR) is 159 cm³/mol. The molecule has 41 heavy (non-hydrogen) atoms. The number of ether oxygens (including phenoxy) is 1. The van der Waals surface area contributed by atoms with Crippen LogP contribution in [-0.4, -0.2) is 72.0 Å². The van der Waals surface area contributed by atoms with Gasteiger partial charge in [0.05, 0.1) is 22.2 Å². The minimum atomic E-state index is -0.684. The molecule has 2 aromatic rings. The Balaban J connectivity index is 1.11. The maximum absolute atomic E-state index is 13.5. The van der Waals surface area contributed by atoms with Gasteiger partial charge in [0.2, 0.25) is 0 Å². The zero-order valence-electron chi connectivity index (χ0n) is 22.7. The van der Waals surface area contributed by atoms with Crippen molar-refractivity contribution >= 4 is 46.7 Å². The van der Waals surface area contributed by atoms with Gasteiger partial charge < -0.3 is 19.4 Å². The van der Waals surface area contributed by atoms with E-state index in [1.165, 1.54) is 12.8 Å². The Morgan fingerprint density at radius 2 is 1.88 bits per heavy atom. The van der Waals surface area contributed by atoms with Gasteiger partial charge in [-0.05, 0) is 80.3 Å². The number of anilines is 1. The minimum Gasteiger partial charge on any atom is -0.399 e. The molecule has 0 bridgehead atoms. The van der Waals surface area contributed by atoms with Crippen LogP contribution in [0.15, 0.2) is 71.6 Å². The highest BCUT2D eigenvalue weighted by atomic mass is 35.5. The summed E-state index contributed by atoms with van der Waals surface area (Å²) in [6.45, 7) is 5.73. The molecule has 1 N–H and O–H groups in total. The van der Waals surface area contributed by atoms with E-state index in [-0.39, 0.29) is 11.9 Å². The van der Waals surface area contributed by atoms with Crippen LogP contribution in [0.1, 0.15) is 31.2 Å². The number of thiophene rings is 1. The number of hydrogen-bond acceptors (Lipinski definition) is 6. The number of allylic oxidation sites excluding steroid dienone is 2. The van der Waals surface area contributed by atoms with Crippen molar-refractivity contribution in [2.24, 2.45) is 0 Å². The molecule has 4 heterocycles. The lowest BCUT2D eigenvalue weighted by atomic mass is 9.98. The van der Waals surface area contributed by atoms with Crippen molar-refractivity contribution in [1.29, 1.82) is 0 Å². The lowest BCUT2D eigenvalue weighted by Gasteiger charge is -2.36. The Morgan fingerprint density at radius 1 is 1.02 bits per heavy atom. The fourth-order valence-corrected chi connectivity index (χ4v) is 6.61. The molecule has 2 fully saturated rings. The van der Waals surface area contributed by atoms with Crippen LogP contribution in [0.3, 0.4) is 0 Å². The Kier molecular flexibility index (Phi) is 8.13. The van der Waals surface area contributed by atoms with Gasteiger partial charge in [-0.1, -0.05) is 41.1 Å². The van der Waals surface area contributed by atoms with Crippen molar-refractivity contribution in [2.75, 3.05) is 44.2 Å². The molecule has 11 heteroatoms. The molecule has 1 aromatic carbocycles. The second-order valence-corrected chi connectivity index (χ2v) is 12.2. The largest absolute Gasteiger partial charge is 0.417 e. The lowest BCUT2D eigenvalue weighted by Crippen LogP contribution is -2.51. The second kappa shape index (κ2) is 12.1. The lowest BCUT2D eigenvalue weighted by molar-refractivity contribution is -0.124. The number of benzene rings is 1. The van der Waals surface area contributed by atoms with Crippen molar-refractivity contribution in [3.8, 4) is 5.06 Å². The third-order valence-corrected chi connectivity index (χ3v) is 8.86. The van der Waals surface area contributed by atoms with Gasteiger partial charge in [0.1, 0.15) is 0 Å². The zero-order chi connectivity index (χ0) is 28.3. The van der Waals surface area contributed by atoms with Crippen molar-refractivity contribution in [2.45, 2.75) is 32.2 Å². The van der Waals surface area contributed by atoms with Crippen LogP contribution < -0.4 is 15.0 Å². The molecule has 1 aliphatic carbocycles. The number of nitrogens with zero attached hydrogens (tertiary/aromatic N) is 4. The van der Waals surface area contributed by atoms with E-state index in [1.54, 1.807) is 23.1 Å². The fourth-order valence-electron chi connectivity index (χ4n) is 5.74. The van der Waals surface area contributed by atoms with Gasteiger partial charge in [0.15, 0.2) is 5.06 Å². The van der Waals surface area contributed by atoms with E-state index >= 15 is 0 Å². The van der Waals surface area contributed by atoms with E-state index in [9.17, 15) is 14.4 Å². The molecular formula is C30H32ClN5O4S. The van der Waals surface area contributed by atoms with E-state index in [4.69, 9.17) is 16.3 Å². The number of fused-ring (bicyclic) bond motifs is 1. The number of halogens is 1. The van der Waals surface area contributed by atoms with Crippen LogP contribution in [0.4, 0.5) is 15.3 Å². The van der Waals surface area contributed by atoms with Gasteiger partial charge in [-0.15, -0.1) is 0 Å². The average molecular weight is 594 g/mol. The molecule has 4 amide bonds. The Labute approximate surface area is 248 Å². The highest BCUT2D eigenvalue weighted by Crippen LogP contribution is 2.33. The summed E-state index contributed by atoms with van der Waals surface area (Å²) in [6.07, 6.45) is 8.79. The van der Waals surface area contributed by atoms with Crippen molar-refractivity contribution in [1.82, 2.24) is 20.0 Å². The smallest absolute Gasteiger partial charge is 0.399 e. The van der Waals surface area contributed by atoms with Crippen LogP contribution in [0, 0.1) is 0 Å². The summed E-state index contributed by atoms with van der Waals surface area (Å²) in [5, 5.41) is 3.08. The molecule has 0 spiro atoms. The Morgan fingerprint density at radius 3 is 2.68 bits per heavy atom. The summed E-state index contributed by atoms with van der Waals surface area (Å²) >= 11 is 7.07. The topological polar surface area (TPSA) is 85.4 Å². The summed E-state index contributed by atoms with van der Waals surface area (Å²) in [4.78, 5) is 47.2. The monoisotopic (exact) mass is 593 g/mol. The van der Waals surface area contributed by atoms with Gasteiger partial charge in [0, 0.05) is 38.1 Å². The first kappa shape index (κ1) is 27.6. The third-order valence-electron chi connectivity index (χ3n) is 7.75. The van der Waals surface area contributed by atoms with Crippen molar-refractivity contribution in [3.63, 3.8) is 0 Å². The number of urea groups is 1. The highest BCUT2D eigenvalue weighted by molar-refractivity contribution is 7.17. The molecule has 0 saturated carbocycles. The predicted octanol–water partition coefficient (Wildman–Crippen LogP) is 5.36. The van der Waals surface area contributed by atoms with Gasteiger partial charge in [-0.25, -0.2) is 9.59 Å². The first-order valence-corrected chi connectivity index (χ1v) is 15.2. The van der Waals surface area contributed by atoms with Crippen LogP contribution in [0.25, 0.3) is 0 Å². The van der Waals surface area contributed by atoms with E-state index in [0.717, 1.165) is 67.3 Å². The van der Waals surface area contributed by atoms with Crippen LogP contribution in [0.2, 0.25) is 4.34 Å². The number of carbonyl (C=O) groups is 3. The summed E-state index contributed by atoms with van der Waals surface area (Å²) < 4.78 is 5.82.